The first-order valence-electron chi connectivity index (χ1n) is 7.46. The van der Waals surface area contributed by atoms with Crippen LogP contribution < -0.4 is 10.6 Å². The van der Waals surface area contributed by atoms with Crippen LogP contribution in [0.25, 0.3) is 22.6 Å². The number of nitrogens with zero attached hydrogens (tertiary/aromatic N) is 1. The fraction of sp³-hybridized carbons (Fsp3) is 0.250. The van der Waals surface area contributed by atoms with Gasteiger partial charge in [0.2, 0.25) is 0 Å². The van der Waals surface area contributed by atoms with E-state index in [-0.39, 0.29) is 5.91 Å². The van der Waals surface area contributed by atoms with Crippen LogP contribution in [0.1, 0.15) is 0 Å². The van der Waals surface area contributed by atoms with E-state index in [2.05, 4.69) is 20.6 Å². The minimum Gasteiger partial charge on any atom is -0.461 e. The Kier molecular flexibility index (Phi) is 3.57. The maximum Gasteiger partial charge on any atom is 0.254 e. The monoisotopic (exact) mass is 312 g/mol. The average Bonchev–Trinajstić information content (AvgIpc) is 3.24. The third kappa shape index (κ3) is 2.84. The normalized spacial score (nSPS) is 18.2. The minimum atomic E-state index is -0.458. The van der Waals surface area contributed by atoms with Crippen molar-refractivity contribution in [2.24, 2.45) is 0 Å². The van der Waals surface area contributed by atoms with Crippen molar-refractivity contribution in [2.75, 3.05) is 25.0 Å². The number of nitrogens with one attached hydrogen (secondary N) is 3. The Morgan fingerprint density at radius 1 is 1.35 bits per heavy atom. The van der Waals surface area contributed by atoms with Gasteiger partial charge in [0.25, 0.3) is 5.91 Å². The van der Waals surface area contributed by atoms with Gasteiger partial charge in [-0.25, -0.2) is 4.98 Å². The zero-order valence-electron chi connectivity index (χ0n) is 12.3. The number of fused-ring (bicyclic) bond motifs is 1. The molecule has 7 nitrogen and oxygen atoms in total. The largest absolute Gasteiger partial charge is 0.461 e. The van der Waals surface area contributed by atoms with Gasteiger partial charge in [0.05, 0.1) is 23.9 Å². The van der Waals surface area contributed by atoms with Crippen molar-refractivity contribution >= 4 is 22.6 Å². The zero-order chi connectivity index (χ0) is 15.6. The molecule has 23 heavy (non-hydrogen) atoms. The van der Waals surface area contributed by atoms with Gasteiger partial charge < -0.3 is 24.8 Å². The first kappa shape index (κ1) is 14.0. The van der Waals surface area contributed by atoms with Gasteiger partial charge >= 0.3 is 0 Å². The third-order valence-electron chi connectivity index (χ3n) is 3.72. The van der Waals surface area contributed by atoms with Gasteiger partial charge in [-0.1, -0.05) is 0 Å². The van der Waals surface area contributed by atoms with Crippen LogP contribution in [-0.2, 0) is 9.53 Å². The number of anilines is 1. The Morgan fingerprint density at radius 3 is 3.09 bits per heavy atom. The molecule has 0 spiro atoms. The van der Waals surface area contributed by atoms with Crippen LogP contribution in [0.15, 0.2) is 41.0 Å². The second-order valence-corrected chi connectivity index (χ2v) is 5.35. The summed E-state index contributed by atoms with van der Waals surface area (Å²) in [5.41, 5.74) is 2.34. The summed E-state index contributed by atoms with van der Waals surface area (Å²) in [6.45, 7) is 1.85. The van der Waals surface area contributed by atoms with E-state index in [4.69, 9.17) is 9.15 Å². The van der Waals surface area contributed by atoms with Gasteiger partial charge in [-0.2, -0.15) is 0 Å². The van der Waals surface area contributed by atoms with Gasteiger partial charge in [0, 0.05) is 18.8 Å². The number of imidazole rings is 1. The van der Waals surface area contributed by atoms with Crippen LogP contribution in [0, 0.1) is 0 Å². The summed E-state index contributed by atoms with van der Waals surface area (Å²) in [5.74, 6) is 1.18. The molecule has 1 fully saturated rings. The summed E-state index contributed by atoms with van der Waals surface area (Å²) in [6.07, 6.45) is 1.15. The molecule has 1 atom stereocenters. The molecule has 0 radical (unpaired) electrons. The highest BCUT2D eigenvalue weighted by Crippen LogP contribution is 2.23. The Morgan fingerprint density at radius 2 is 2.30 bits per heavy atom. The Labute approximate surface area is 132 Å². The summed E-state index contributed by atoms with van der Waals surface area (Å²) in [4.78, 5) is 19.8. The van der Waals surface area contributed by atoms with E-state index >= 15 is 0 Å². The number of amides is 1. The first-order valence-corrected chi connectivity index (χ1v) is 7.46. The van der Waals surface area contributed by atoms with Crippen LogP contribution in [0.3, 0.4) is 0 Å². The number of benzene rings is 1. The van der Waals surface area contributed by atoms with Crippen LogP contribution in [-0.4, -0.2) is 41.7 Å². The SMILES string of the molecule is O=C(Nc1ccc2nc(-c3ccco3)[nH]c2c1)[C@H]1CNCCO1. The van der Waals surface area contributed by atoms with Crippen molar-refractivity contribution in [3.05, 3.63) is 36.6 Å². The van der Waals surface area contributed by atoms with Crippen molar-refractivity contribution in [3.63, 3.8) is 0 Å². The zero-order valence-corrected chi connectivity index (χ0v) is 12.3. The molecule has 3 heterocycles. The number of aromatic nitrogens is 2. The minimum absolute atomic E-state index is 0.151. The molecule has 1 aliphatic heterocycles. The van der Waals surface area contributed by atoms with Crippen molar-refractivity contribution in [1.29, 1.82) is 0 Å². The van der Waals surface area contributed by atoms with Gasteiger partial charge in [-0.15, -0.1) is 0 Å². The molecule has 3 N–H and O–H groups in total. The number of furan rings is 1. The van der Waals surface area contributed by atoms with Crippen molar-refractivity contribution < 1.29 is 13.9 Å². The lowest BCUT2D eigenvalue weighted by molar-refractivity contribution is -0.128. The number of morpholine rings is 1. The van der Waals surface area contributed by atoms with Crippen molar-refractivity contribution in [2.45, 2.75) is 6.10 Å². The number of ether oxygens (including phenoxy) is 1. The predicted molar refractivity (Wildman–Crippen MR) is 85.0 cm³/mol. The van der Waals surface area contributed by atoms with Crippen molar-refractivity contribution in [3.8, 4) is 11.6 Å². The second kappa shape index (κ2) is 5.86. The molecule has 1 aromatic carbocycles. The summed E-state index contributed by atoms with van der Waals surface area (Å²) >= 11 is 0. The molecule has 2 aromatic heterocycles. The van der Waals surface area contributed by atoms with E-state index in [1.165, 1.54) is 0 Å². The fourth-order valence-corrected chi connectivity index (χ4v) is 2.57. The number of carbonyl (C=O) groups excluding carboxylic acids is 1. The van der Waals surface area contributed by atoms with Crippen LogP contribution in [0.4, 0.5) is 5.69 Å². The van der Waals surface area contributed by atoms with E-state index in [1.807, 2.05) is 30.3 Å². The number of hydrogen-bond donors (Lipinski definition) is 3. The molecule has 1 aliphatic rings. The maximum atomic E-state index is 12.2. The third-order valence-corrected chi connectivity index (χ3v) is 3.72. The van der Waals surface area contributed by atoms with E-state index in [0.717, 1.165) is 17.6 Å². The first-order chi connectivity index (χ1) is 11.3. The number of rotatable bonds is 3. The van der Waals surface area contributed by atoms with Gasteiger partial charge in [0.15, 0.2) is 11.6 Å². The Bertz CT molecular complexity index is 819. The standard InChI is InChI=1S/C16H16N4O3/c21-16(14-9-17-5-7-23-14)18-10-3-4-11-12(8-10)20-15(19-11)13-2-1-6-22-13/h1-4,6,8,14,17H,5,7,9H2,(H,18,21)(H,19,20)/t14-/m1/s1. The molecule has 0 bridgehead atoms. The summed E-state index contributed by atoms with van der Waals surface area (Å²) < 4.78 is 10.8. The number of hydrogen-bond acceptors (Lipinski definition) is 5. The van der Waals surface area contributed by atoms with Gasteiger partial charge in [0.1, 0.15) is 6.10 Å². The quantitative estimate of drug-likeness (QED) is 0.685. The molecule has 3 aromatic rings. The van der Waals surface area contributed by atoms with Crippen molar-refractivity contribution in [1.82, 2.24) is 15.3 Å². The second-order valence-electron chi connectivity index (χ2n) is 5.35. The molecule has 7 heteroatoms. The Balaban J connectivity index is 1.55. The molecule has 0 unspecified atom stereocenters. The lowest BCUT2D eigenvalue weighted by atomic mass is 10.2. The van der Waals surface area contributed by atoms with E-state index in [9.17, 15) is 4.79 Å². The van der Waals surface area contributed by atoms with E-state index in [0.29, 0.717) is 30.4 Å². The number of H-pyrrole nitrogens is 1. The average molecular weight is 312 g/mol. The lowest BCUT2D eigenvalue weighted by Crippen LogP contribution is -2.45. The summed E-state index contributed by atoms with van der Waals surface area (Å²) in [5, 5.41) is 6.01. The topological polar surface area (TPSA) is 92.2 Å². The molecular weight excluding hydrogens is 296 g/mol. The van der Waals surface area contributed by atoms with E-state index in [1.54, 1.807) is 6.26 Å². The molecule has 1 amide bonds. The highest BCUT2D eigenvalue weighted by molar-refractivity contribution is 5.96. The number of carbonyl (C=O) groups is 1. The molecule has 1 saturated heterocycles. The summed E-state index contributed by atoms with van der Waals surface area (Å²) in [6, 6.07) is 9.18. The lowest BCUT2D eigenvalue weighted by Gasteiger charge is -2.22. The Hall–Kier alpha value is -2.64. The molecular formula is C16H16N4O3. The van der Waals surface area contributed by atoms with Crippen LogP contribution in [0.2, 0.25) is 0 Å². The van der Waals surface area contributed by atoms with Gasteiger partial charge in [-0.05, 0) is 30.3 Å². The molecule has 4 rings (SSSR count). The summed E-state index contributed by atoms with van der Waals surface area (Å²) in [7, 11) is 0. The number of aromatic amines is 1. The highest BCUT2D eigenvalue weighted by Gasteiger charge is 2.21. The molecule has 0 saturated carbocycles. The smallest absolute Gasteiger partial charge is 0.254 e. The van der Waals surface area contributed by atoms with Crippen LogP contribution in [0.5, 0.6) is 0 Å². The highest BCUT2D eigenvalue weighted by atomic mass is 16.5. The maximum absolute atomic E-state index is 12.2. The predicted octanol–water partition coefficient (Wildman–Crippen LogP) is 1.75. The fourth-order valence-electron chi connectivity index (χ4n) is 2.57. The van der Waals surface area contributed by atoms with Crippen LogP contribution >= 0.6 is 0 Å². The van der Waals surface area contributed by atoms with Gasteiger partial charge in [-0.3, -0.25) is 4.79 Å². The molecule has 0 aliphatic carbocycles. The van der Waals surface area contributed by atoms with E-state index < -0.39 is 6.10 Å². The molecule has 118 valence electrons.